The second kappa shape index (κ2) is 13.4. The van der Waals surface area contributed by atoms with E-state index in [0.717, 1.165) is 81.2 Å². The largest absolute Gasteiger partial charge is 0.493 e. The summed E-state index contributed by atoms with van der Waals surface area (Å²) in [6, 6.07) is 14.5. The number of nitrogens with one attached hydrogen (secondary N) is 1. The van der Waals surface area contributed by atoms with Crippen LogP contribution in [-0.4, -0.2) is 71.8 Å². The van der Waals surface area contributed by atoms with Crippen molar-refractivity contribution in [2.45, 2.75) is 45.8 Å². The van der Waals surface area contributed by atoms with Crippen molar-refractivity contribution in [2.75, 3.05) is 45.9 Å². The Morgan fingerprint density at radius 2 is 1.61 bits per heavy atom. The van der Waals surface area contributed by atoms with Crippen molar-refractivity contribution in [1.82, 2.24) is 20.0 Å². The molecular formula is C29H40N4O3. The lowest BCUT2D eigenvalue weighted by molar-refractivity contribution is 0.173. The monoisotopic (exact) mass is 492 g/mol. The highest BCUT2D eigenvalue weighted by Gasteiger charge is 2.19. The Kier molecular flexibility index (Phi) is 9.78. The lowest BCUT2D eigenvalue weighted by atomic mass is 9.95. The first-order valence-electron chi connectivity index (χ1n) is 13.2. The highest BCUT2D eigenvalue weighted by molar-refractivity contribution is 5.74. The smallest absolute Gasteiger partial charge is 0.122 e. The van der Waals surface area contributed by atoms with E-state index in [2.05, 4.69) is 59.5 Å². The van der Waals surface area contributed by atoms with Crippen LogP contribution >= 0.6 is 0 Å². The molecule has 2 aromatic carbocycles. The molecule has 2 heterocycles. The maximum atomic E-state index is 9.69. The fourth-order valence-corrected chi connectivity index (χ4v) is 4.74. The zero-order chi connectivity index (χ0) is 25.2. The summed E-state index contributed by atoms with van der Waals surface area (Å²) in [6.45, 7) is 11.0. The van der Waals surface area contributed by atoms with Crippen LogP contribution in [0.1, 0.15) is 30.4 Å². The van der Waals surface area contributed by atoms with E-state index >= 15 is 0 Å². The zero-order valence-electron chi connectivity index (χ0n) is 21.7. The van der Waals surface area contributed by atoms with E-state index in [1.807, 2.05) is 23.0 Å². The van der Waals surface area contributed by atoms with Crippen molar-refractivity contribution in [2.24, 2.45) is 0 Å². The predicted octanol–water partition coefficient (Wildman–Crippen LogP) is 4.06. The predicted molar refractivity (Wildman–Crippen MR) is 144 cm³/mol. The molecule has 36 heavy (non-hydrogen) atoms. The number of rotatable bonds is 14. The topological polar surface area (TPSA) is 71.8 Å². The number of likely N-dealkylation sites (tertiary alicyclic amines) is 1. The van der Waals surface area contributed by atoms with E-state index in [0.29, 0.717) is 13.2 Å². The van der Waals surface area contributed by atoms with E-state index in [1.165, 1.54) is 11.1 Å². The van der Waals surface area contributed by atoms with Gasteiger partial charge in [0.25, 0.3) is 0 Å². The van der Waals surface area contributed by atoms with Crippen molar-refractivity contribution in [3.05, 3.63) is 66.0 Å². The Bertz CT molecular complexity index is 1070. The van der Waals surface area contributed by atoms with E-state index in [1.54, 1.807) is 6.20 Å². The van der Waals surface area contributed by atoms with Crippen LogP contribution in [0.3, 0.4) is 0 Å². The van der Waals surface area contributed by atoms with E-state index in [-0.39, 0.29) is 6.10 Å². The van der Waals surface area contributed by atoms with Crippen molar-refractivity contribution >= 4 is 0 Å². The van der Waals surface area contributed by atoms with Crippen molar-refractivity contribution in [3.8, 4) is 22.6 Å². The third-order valence-electron chi connectivity index (χ3n) is 6.81. The summed E-state index contributed by atoms with van der Waals surface area (Å²) >= 11 is 0. The Hall–Kier alpha value is -2.87. The van der Waals surface area contributed by atoms with Crippen molar-refractivity contribution in [1.29, 1.82) is 0 Å². The number of benzene rings is 2. The number of nitrogens with zero attached hydrogens (tertiary/aromatic N) is 3. The van der Waals surface area contributed by atoms with Gasteiger partial charge in [0.2, 0.25) is 0 Å². The minimum absolute atomic E-state index is 0.164. The maximum absolute atomic E-state index is 9.69. The van der Waals surface area contributed by atoms with E-state index < -0.39 is 0 Å². The molecule has 1 atom stereocenters. The molecule has 0 amide bonds. The number of ether oxygens (including phenoxy) is 2. The highest BCUT2D eigenvalue weighted by Crippen LogP contribution is 2.35. The van der Waals surface area contributed by atoms with Crippen LogP contribution < -0.4 is 14.8 Å². The van der Waals surface area contributed by atoms with Gasteiger partial charge in [0, 0.05) is 38.6 Å². The average molecular weight is 493 g/mol. The molecule has 3 aromatic rings. The first kappa shape index (κ1) is 26.2. The molecule has 0 aliphatic carbocycles. The van der Waals surface area contributed by atoms with Gasteiger partial charge in [-0.05, 0) is 80.1 Å². The van der Waals surface area contributed by atoms with Gasteiger partial charge in [0.05, 0.1) is 25.9 Å². The molecule has 7 heteroatoms. The van der Waals surface area contributed by atoms with Crippen LogP contribution in [0.4, 0.5) is 0 Å². The Morgan fingerprint density at radius 1 is 0.917 bits per heavy atom. The Morgan fingerprint density at radius 3 is 2.22 bits per heavy atom. The molecule has 1 fully saturated rings. The molecule has 0 radical (unpaired) electrons. The summed E-state index contributed by atoms with van der Waals surface area (Å²) in [5.74, 6) is 1.86. The molecule has 1 aromatic heterocycles. The molecule has 7 nitrogen and oxygen atoms in total. The van der Waals surface area contributed by atoms with Gasteiger partial charge in [0.15, 0.2) is 0 Å². The fraction of sp³-hybridized carbons (Fsp3) is 0.483. The number of aromatic nitrogens is 2. The summed E-state index contributed by atoms with van der Waals surface area (Å²) in [5, 5.41) is 17.3. The second-order valence-corrected chi connectivity index (χ2v) is 9.52. The SMILES string of the molecule is Cc1c(OCCCNCCn2cccn2)cccc1-c1cccc(OCCCN2CCC(O)C2)c1C. The molecule has 2 N–H and O–H groups in total. The van der Waals surface area contributed by atoms with Crippen LogP contribution in [-0.2, 0) is 6.54 Å². The molecule has 1 aliphatic rings. The molecule has 0 bridgehead atoms. The van der Waals surface area contributed by atoms with Gasteiger partial charge in [-0.1, -0.05) is 24.3 Å². The average Bonchev–Trinajstić information content (AvgIpc) is 3.55. The number of aliphatic hydroxyl groups excluding tert-OH is 1. The number of β-amino-alcohol motifs (C(OH)–C–C–N with tert-alkyl or cyclic N) is 1. The second-order valence-electron chi connectivity index (χ2n) is 9.52. The summed E-state index contributed by atoms with van der Waals surface area (Å²) in [4.78, 5) is 2.31. The van der Waals surface area contributed by atoms with Crippen LogP contribution in [0.2, 0.25) is 0 Å². The van der Waals surface area contributed by atoms with Gasteiger partial charge in [0.1, 0.15) is 11.5 Å². The van der Waals surface area contributed by atoms with Crippen molar-refractivity contribution < 1.29 is 14.6 Å². The number of hydrogen-bond acceptors (Lipinski definition) is 6. The van der Waals surface area contributed by atoms with E-state index in [9.17, 15) is 5.11 Å². The molecule has 1 aliphatic heterocycles. The fourth-order valence-electron chi connectivity index (χ4n) is 4.74. The van der Waals surface area contributed by atoms with Crippen molar-refractivity contribution in [3.63, 3.8) is 0 Å². The minimum Gasteiger partial charge on any atom is -0.493 e. The Balaban J connectivity index is 1.25. The van der Waals surface area contributed by atoms with Crippen LogP contribution in [0.5, 0.6) is 11.5 Å². The molecule has 1 saturated heterocycles. The minimum atomic E-state index is -0.164. The van der Waals surface area contributed by atoms with Gasteiger partial charge in [-0.25, -0.2) is 0 Å². The molecule has 4 rings (SSSR count). The number of aliphatic hydroxyl groups is 1. The highest BCUT2D eigenvalue weighted by atomic mass is 16.5. The van der Waals surface area contributed by atoms with Gasteiger partial charge in [-0.3, -0.25) is 4.68 Å². The summed E-state index contributed by atoms with van der Waals surface area (Å²) in [6.07, 6.45) is 6.40. The molecular weight excluding hydrogens is 452 g/mol. The first-order valence-corrected chi connectivity index (χ1v) is 13.2. The summed E-state index contributed by atoms with van der Waals surface area (Å²) < 4.78 is 14.2. The number of hydrogen-bond donors (Lipinski definition) is 2. The van der Waals surface area contributed by atoms with E-state index in [4.69, 9.17) is 9.47 Å². The molecule has 0 saturated carbocycles. The third kappa shape index (κ3) is 7.32. The first-order chi connectivity index (χ1) is 17.6. The van der Waals surface area contributed by atoms with Gasteiger partial charge >= 0.3 is 0 Å². The quantitative estimate of drug-likeness (QED) is 0.331. The van der Waals surface area contributed by atoms with Crippen LogP contribution in [0.15, 0.2) is 54.9 Å². The lowest BCUT2D eigenvalue weighted by Crippen LogP contribution is -2.24. The Labute approximate surface area is 215 Å². The van der Waals surface area contributed by atoms with Crippen LogP contribution in [0.25, 0.3) is 11.1 Å². The molecule has 0 spiro atoms. The third-order valence-corrected chi connectivity index (χ3v) is 6.81. The molecule has 194 valence electrons. The standard InChI is InChI=1S/C29H40N4O3/c1-23-26(8-3-10-28(23)35-20-6-13-30-15-19-33-17-5-14-31-33)27-9-4-11-29(24(27)2)36-21-7-16-32-18-12-25(34)22-32/h3-5,8-11,14,17,25,30,34H,6-7,12-13,15-16,18-22H2,1-2H3. The van der Waals surface area contributed by atoms with Crippen LogP contribution in [0, 0.1) is 13.8 Å². The van der Waals surface area contributed by atoms with Gasteiger partial charge in [-0.2, -0.15) is 5.10 Å². The lowest BCUT2D eigenvalue weighted by Gasteiger charge is -2.18. The summed E-state index contributed by atoms with van der Waals surface area (Å²) in [5.41, 5.74) is 4.66. The molecule has 1 unspecified atom stereocenters. The summed E-state index contributed by atoms with van der Waals surface area (Å²) in [7, 11) is 0. The zero-order valence-corrected chi connectivity index (χ0v) is 21.7. The maximum Gasteiger partial charge on any atom is 0.122 e. The van der Waals surface area contributed by atoms with Gasteiger partial charge in [-0.15, -0.1) is 0 Å². The van der Waals surface area contributed by atoms with Gasteiger partial charge < -0.3 is 24.8 Å². The normalized spacial score (nSPS) is 15.9.